The Bertz CT molecular complexity index is 849. The fraction of sp³-hybridized carbons (Fsp3) is 0.188. The van der Waals surface area contributed by atoms with Crippen molar-refractivity contribution in [2.45, 2.75) is 6.92 Å². The fourth-order valence-electron chi connectivity index (χ4n) is 2.14. The zero-order chi connectivity index (χ0) is 17.9. The number of carbonyl (C=O) groups is 1. The van der Waals surface area contributed by atoms with E-state index in [9.17, 15) is 22.0 Å². The fourth-order valence-corrected chi connectivity index (χ4v) is 3.00. The third kappa shape index (κ3) is 4.29. The van der Waals surface area contributed by atoms with E-state index < -0.39 is 39.8 Å². The highest BCUT2D eigenvalue weighted by Gasteiger charge is 2.26. The number of amides is 1. The second kappa shape index (κ2) is 6.96. The van der Waals surface area contributed by atoms with Gasteiger partial charge in [-0.1, -0.05) is 18.2 Å². The summed E-state index contributed by atoms with van der Waals surface area (Å²) in [5.74, 6) is -2.85. The molecule has 0 heterocycles. The minimum atomic E-state index is -4.07. The number of nitrogens with zero attached hydrogens (tertiary/aromatic N) is 1. The van der Waals surface area contributed by atoms with E-state index in [0.29, 0.717) is 9.99 Å². The molecule has 0 radical (unpaired) electrons. The molecular weight excluding hydrogens is 338 g/mol. The van der Waals surface area contributed by atoms with Gasteiger partial charge in [0.05, 0.1) is 6.26 Å². The summed E-state index contributed by atoms with van der Waals surface area (Å²) in [7, 11) is -4.07. The molecule has 0 bridgehead atoms. The number of hydrogen-bond donors (Lipinski definition) is 1. The lowest BCUT2D eigenvalue weighted by molar-refractivity contribution is -0.114. The Morgan fingerprint density at radius 2 is 1.71 bits per heavy atom. The molecule has 0 saturated heterocycles. The van der Waals surface area contributed by atoms with Gasteiger partial charge in [-0.15, -0.1) is 0 Å². The topological polar surface area (TPSA) is 66.5 Å². The van der Waals surface area contributed by atoms with Crippen molar-refractivity contribution >= 4 is 27.3 Å². The minimum absolute atomic E-state index is 0.406. The zero-order valence-corrected chi connectivity index (χ0v) is 13.9. The number of aryl methyl sites for hydroxylation is 1. The van der Waals surface area contributed by atoms with Crippen LogP contribution in [0.25, 0.3) is 0 Å². The van der Waals surface area contributed by atoms with E-state index in [1.54, 1.807) is 18.2 Å². The first-order valence-electron chi connectivity index (χ1n) is 6.97. The normalized spacial score (nSPS) is 11.2. The van der Waals surface area contributed by atoms with Crippen LogP contribution in [0.3, 0.4) is 0 Å². The molecule has 0 spiro atoms. The predicted molar refractivity (Wildman–Crippen MR) is 88.4 cm³/mol. The summed E-state index contributed by atoms with van der Waals surface area (Å²) in [5.41, 5.74) is 0.578. The molecule has 2 aromatic rings. The molecule has 0 atom stereocenters. The second-order valence-electron chi connectivity index (χ2n) is 5.26. The van der Waals surface area contributed by atoms with Crippen LogP contribution in [0, 0.1) is 18.6 Å². The summed E-state index contributed by atoms with van der Waals surface area (Å²) in [6.45, 7) is 1.08. The van der Waals surface area contributed by atoms with Gasteiger partial charge in [-0.2, -0.15) is 0 Å². The minimum Gasteiger partial charge on any atom is -0.325 e. The highest BCUT2D eigenvalue weighted by molar-refractivity contribution is 7.92. The standard InChI is InChI=1S/C16H16F2N2O3S/c1-11-5-3-6-12(9-11)19-15(21)10-20(24(2,22)23)16-13(17)7-4-8-14(16)18/h3-9H,10H2,1-2H3,(H,19,21). The van der Waals surface area contributed by atoms with Crippen molar-refractivity contribution in [2.75, 3.05) is 22.4 Å². The van der Waals surface area contributed by atoms with Gasteiger partial charge in [-0.05, 0) is 36.8 Å². The average molecular weight is 354 g/mol. The molecule has 0 aromatic heterocycles. The molecule has 0 aliphatic heterocycles. The summed E-state index contributed by atoms with van der Waals surface area (Å²) >= 11 is 0. The first-order valence-corrected chi connectivity index (χ1v) is 8.81. The van der Waals surface area contributed by atoms with Crippen LogP contribution in [0.4, 0.5) is 20.2 Å². The van der Waals surface area contributed by atoms with Gasteiger partial charge in [0.15, 0.2) is 11.6 Å². The van der Waals surface area contributed by atoms with E-state index in [4.69, 9.17) is 0 Å². The van der Waals surface area contributed by atoms with E-state index in [1.165, 1.54) is 0 Å². The third-order valence-electron chi connectivity index (χ3n) is 3.18. The molecule has 2 rings (SSSR count). The van der Waals surface area contributed by atoms with Gasteiger partial charge in [0, 0.05) is 5.69 Å². The van der Waals surface area contributed by atoms with Gasteiger partial charge < -0.3 is 5.32 Å². The lowest BCUT2D eigenvalue weighted by Gasteiger charge is -2.22. The molecule has 8 heteroatoms. The number of halogens is 2. The van der Waals surface area contributed by atoms with Gasteiger partial charge in [0.25, 0.3) is 0 Å². The highest BCUT2D eigenvalue weighted by atomic mass is 32.2. The monoisotopic (exact) mass is 354 g/mol. The molecule has 2 aromatic carbocycles. The zero-order valence-electron chi connectivity index (χ0n) is 13.1. The lowest BCUT2D eigenvalue weighted by Crippen LogP contribution is -2.38. The van der Waals surface area contributed by atoms with Gasteiger partial charge in [0.2, 0.25) is 15.9 Å². The van der Waals surface area contributed by atoms with Crippen LogP contribution in [0.2, 0.25) is 0 Å². The Morgan fingerprint density at radius 3 is 2.25 bits per heavy atom. The van der Waals surface area contributed by atoms with Crippen LogP contribution in [0.5, 0.6) is 0 Å². The molecule has 128 valence electrons. The Kier molecular flexibility index (Phi) is 5.18. The first kappa shape index (κ1) is 17.9. The van der Waals surface area contributed by atoms with E-state index in [0.717, 1.165) is 30.0 Å². The Labute approximate surface area is 139 Å². The molecule has 0 saturated carbocycles. The average Bonchev–Trinajstić information content (AvgIpc) is 2.45. The molecule has 0 fully saturated rings. The maximum absolute atomic E-state index is 13.9. The van der Waals surface area contributed by atoms with Crippen LogP contribution in [0.15, 0.2) is 42.5 Å². The quantitative estimate of drug-likeness (QED) is 0.898. The van der Waals surface area contributed by atoms with Gasteiger partial charge in [0.1, 0.15) is 12.2 Å². The summed E-state index contributed by atoms with van der Waals surface area (Å²) in [5, 5.41) is 2.50. The SMILES string of the molecule is Cc1cccc(NC(=O)CN(c2c(F)cccc2F)S(C)(=O)=O)c1. The summed E-state index contributed by atoms with van der Waals surface area (Å²) in [6.07, 6.45) is 0.777. The number of rotatable bonds is 5. The van der Waals surface area contributed by atoms with E-state index in [2.05, 4.69) is 5.32 Å². The van der Waals surface area contributed by atoms with Crippen molar-refractivity contribution in [3.8, 4) is 0 Å². The van der Waals surface area contributed by atoms with Gasteiger partial charge in [-0.3, -0.25) is 9.10 Å². The Hall–Kier alpha value is -2.48. The van der Waals surface area contributed by atoms with Crippen molar-refractivity contribution in [1.82, 2.24) is 0 Å². The number of hydrogen-bond acceptors (Lipinski definition) is 3. The van der Waals surface area contributed by atoms with Crippen LogP contribution in [-0.2, 0) is 14.8 Å². The van der Waals surface area contributed by atoms with Crippen LogP contribution < -0.4 is 9.62 Å². The molecule has 0 unspecified atom stereocenters. The third-order valence-corrected chi connectivity index (χ3v) is 4.29. The number of para-hydroxylation sites is 1. The number of nitrogens with one attached hydrogen (secondary N) is 1. The molecule has 1 N–H and O–H groups in total. The second-order valence-corrected chi connectivity index (χ2v) is 7.16. The molecular formula is C16H16F2N2O3S. The van der Waals surface area contributed by atoms with Crippen molar-refractivity contribution in [3.63, 3.8) is 0 Å². The Balaban J connectivity index is 2.29. The van der Waals surface area contributed by atoms with Crippen LogP contribution in [0.1, 0.15) is 5.56 Å². The number of anilines is 2. The van der Waals surface area contributed by atoms with Crippen molar-refractivity contribution in [1.29, 1.82) is 0 Å². The summed E-state index contributed by atoms with van der Waals surface area (Å²) in [4.78, 5) is 12.1. The van der Waals surface area contributed by atoms with Gasteiger partial charge >= 0.3 is 0 Å². The van der Waals surface area contributed by atoms with E-state index in [1.807, 2.05) is 13.0 Å². The molecule has 0 aliphatic carbocycles. The van der Waals surface area contributed by atoms with Gasteiger partial charge in [-0.25, -0.2) is 17.2 Å². The molecule has 0 aliphatic rings. The molecule has 24 heavy (non-hydrogen) atoms. The number of sulfonamides is 1. The molecule has 5 nitrogen and oxygen atoms in total. The summed E-state index contributed by atoms with van der Waals surface area (Å²) in [6, 6.07) is 9.82. The smallest absolute Gasteiger partial charge is 0.245 e. The lowest BCUT2D eigenvalue weighted by atomic mass is 10.2. The Morgan fingerprint density at radius 1 is 1.12 bits per heavy atom. The first-order chi connectivity index (χ1) is 11.2. The van der Waals surface area contributed by atoms with Crippen LogP contribution in [-0.4, -0.2) is 27.1 Å². The largest absolute Gasteiger partial charge is 0.325 e. The van der Waals surface area contributed by atoms with E-state index >= 15 is 0 Å². The molecule has 1 amide bonds. The van der Waals surface area contributed by atoms with Crippen molar-refractivity contribution < 1.29 is 22.0 Å². The summed E-state index contributed by atoms with van der Waals surface area (Å²) < 4.78 is 52.0. The number of benzene rings is 2. The maximum atomic E-state index is 13.9. The van der Waals surface area contributed by atoms with Crippen molar-refractivity contribution in [3.05, 3.63) is 59.7 Å². The van der Waals surface area contributed by atoms with Crippen molar-refractivity contribution in [2.24, 2.45) is 0 Å². The maximum Gasteiger partial charge on any atom is 0.245 e. The van der Waals surface area contributed by atoms with E-state index in [-0.39, 0.29) is 0 Å². The van der Waals surface area contributed by atoms with Crippen LogP contribution >= 0.6 is 0 Å². The predicted octanol–water partition coefficient (Wildman–Crippen LogP) is 2.68. The number of carbonyl (C=O) groups excluding carboxylic acids is 1. The highest BCUT2D eigenvalue weighted by Crippen LogP contribution is 2.25.